The van der Waals surface area contributed by atoms with Crippen molar-refractivity contribution in [2.24, 2.45) is 0 Å². The second kappa shape index (κ2) is 6.36. The van der Waals surface area contributed by atoms with Crippen molar-refractivity contribution in [3.05, 3.63) is 20.8 Å². The predicted octanol–water partition coefficient (Wildman–Crippen LogP) is 3.52. The van der Waals surface area contributed by atoms with Gasteiger partial charge in [0.15, 0.2) is 5.78 Å². The summed E-state index contributed by atoms with van der Waals surface area (Å²) < 4.78 is 1.03. The molecule has 1 unspecified atom stereocenters. The molecule has 17 heavy (non-hydrogen) atoms. The highest BCUT2D eigenvalue weighted by atomic mass is 79.9. The molecule has 94 valence electrons. The number of hydrogen-bond acceptors (Lipinski definition) is 4. The molecule has 2 rings (SSSR count). The largest absolute Gasteiger partial charge is 0.294 e. The molecule has 1 fully saturated rings. The highest BCUT2D eigenvalue weighted by Crippen LogP contribution is 2.24. The van der Waals surface area contributed by atoms with Gasteiger partial charge in [-0.05, 0) is 34.5 Å². The fourth-order valence-electron chi connectivity index (χ4n) is 1.92. The summed E-state index contributed by atoms with van der Waals surface area (Å²) in [5.74, 6) is 1.40. The van der Waals surface area contributed by atoms with Crippen LogP contribution < -0.4 is 0 Å². The van der Waals surface area contributed by atoms with Gasteiger partial charge in [0, 0.05) is 24.1 Å². The average Bonchev–Trinajstić information content (AvgIpc) is 2.76. The number of carbonyl (C=O) groups is 1. The van der Waals surface area contributed by atoms with Crippen molar-refractivity contribution in [1.82, 2.24) is 4.90 Å². The normalized spacial score (nSPS) is 21.6. The minimum absolute atomic E-state index is 0.252. The summed E-state index contributed by atoms with van der Waals surface area (Å²) >= 11 is 6.96. The second-order valence-corrected chi connectivity index (χ2v) is 8.03. The Morgan fingerprint density at radius 3 is 3.06 bits per heavy atom. The van der Waals surface area contributed by atoms with E-state index in [2.05, 4.69) is 27.8 Å². The molecular formula is C12H16BrNOS2. The van der Waals surface area contributed by atoms with Crippen molar-refractivity contribution < 1.29 is 4.79 Å². The van der Waals surface area contributed by atoms with E-state index in [1.54, 1.807) is 0 Å². The number of carbonyl (C=O) groups excluding carboxylic acids is 1. The summed E-state index contributed by atoms with van der Waals surface area (Å²) in [7, 11) is 0. The first kappa shape index (κ1) is 13.6. The first-order valence-corrected chi connectivity index (χ1v) is 8.47. The number of ketones is 1. The Bertz CT molecular complexity index is 394. The molecule has 1 atom stereocenters. The van der Waals surface area contributed by atoms with Crippen LogP contribution in [-0.2, 0) is 0 Å². The lowest BCUT2D eigenvalue weighted by Crippen LogP contribution is -2.40. The van der Waals surface area contributed by atoms with Crippen LogP contribution in [0.5, 0.6) is 0 Å². The Kier molecular flexibility index (Phi) is 5.09. The van der Waals surface area contributed by atoms with Gasteiger partial charge in [-0.1, -0.05) is 6.92 Å². The quantitative estimate of drug-likeness (QED) is 0.786. The Morgan fingerprint density at radius 1 is 1.59 bits per heavy atom. The maximum absolute atomic E-state index is 12.1. The summed E-state index contributed by atoms with van der Waals surface area (Å²) in [6.45, 7) is 4.89. The summed E-state index contributed by atoms with van der Waals surface area (Å²) in [5.41, 5.74) is 0. The minimum atomic E-state index is 0.252. The molecule has 1 saturated heterocycles. The number of rotatable bonds is 4. The fourth-order valence-corrected chi connectivity index (χ4v) is 4.48. The van der Waals surface area contributed by atoms with Gasteiger partial charge < -0.3 is 0 Å². The molecule has 0 amide bonds. The van der Waals surface area contributed by atoms with Crippen molar-refractivity contribution in [2.45, 2.75) is 18.6 Å². The number of nitrogens with zero attached hydrogens (tertiary/aromatic N) is 1. The fraction of sp³-hybridized carbons (Fsp3) is 0.583. The molecule has 5 heteroatoms. The Morgan fingerprint density at radius 2 is 2.41 bits per heavy atom. The maximum Gasteiger partial charge on any atom is 0.186 e. The molecule has 0 aliphatic carbocycles. The van der Waals surface area contributed by atoms with E-state index in [0.29, 0.717) is 11.8 Å². The molecular weight excluding hydrogens is 318 g/mol. The molecule has 1 aromatic heterocycles. The van der Waals surface area contributed by atoms with E-state index < -0.39 is 0 Å². The van der Waals surface area contributed by atoms with E-state index in [1.165, 1.54) is 17.8 Å². The van der Waals surface area contributed by atoms with E-state index in [4.69, 9.17) is 0 Å². The number of Topliss-reactive ketones (excluding diaryl/α,β-unsaturated/α-hetero) is 1. The van der Waals surface area contributed by atoms with Gasteiger partial charge in [0.25, 0.3) is 0 Å². The number of thiophene rings is 1. The average molecular weight is 334 g/mol. The van der Waals surface area contributed by atoms with E-state index >= 15 is 0 Å². The number of hydrogen-bond donors (Lipinski definition) is 0. The molecule has 2 heterocycles. The first-order valence-electron chi connectivity index (χ1n) is 5.81. The lowest BCUT2D eigenvalue weighted by Gasteiger charge is -2.31. The lowest BCUT2D eigenvalue weighted by atomic mass is 10.2. The molecule has 1 aliphatic rings. The third-order valence-electron chi connectivity index (χ3n) is 2.89. The van der Waals surface area contributed by atoms with Crippen molar-refractivity contribution >= 4 is 44.8 Å². The topological polar surface area (TPSA) is 20.3 Å². The van der Waals surface area contributed by atoms with Gasteiger partial charge in [0.05, 0.1) is 15.2 Å². The molecule has 0 saturated carbocycles. The van der Waals surface area contributed by atoms with Crippen molar-refractivity contribution in [3.63, 3.8) is 0 Å². The van der Waals surface area contributed by atoms with Gasteiger partial charge in [-0.25, -0.2) is 0 Å². The Labute approximate surface area is 119 Å². The second-order valence-electron chi connectivity index (χ2n) is 4.16. The monoisotopic (exact) mass is 333 g/mol. The zero-order valence-corrected chi connectivity index (χ0v) is 13.0. The van der Waals surface area contributed by atoms with Crippen LogP contribution in [0.3, 0.4) is 0 Å². The van der Waals surface area contributed by atoms with Crippen LogP contribution in [0.2, 0.25) is 0 Å². The lowest BCUT2D eigenvalue weighted by molar-refractivity contribution is 0.0936. The van der Waals surface area contributed by atoms with E-state index in [-0.39, 0.29) is 5.78 Å². The van der Waals surface area contributed by atoms with Gasteiger partial charge in [0.1, 0.15) is 0 Å². The van der Waals surface area contributed by atoms with Crippen molar-refractivity contribution in [2.75, 3.05) is 25.4 Å². The van der Waals surface area contributed by atoms with Gasteiger partial charge in [0.2, 0.25) is 0 Å². The summed E-state index contributed by atoms with van der Waals surface area (Å²) in [6.07, 6.45) is 1.19. The van der Waals surface area contributed by atoms with Crippen LogP contribution in [0, 0.1) is 0 Å². The molecule has 0 radical (unpaired) electrons. The van der Waals surface area contributed by atoms with Crippen molar-refractivity contribution in [1.29, 1.82) is 0 Å². The molecule has 1 aromatic rings. The van der Waals surface area contributed by atoms with Crippen LogP contribution >= 0.6 is 39.0 Å². The number of thioether (sulfide) groups is 1. The molecule has 0 spiro atoms. The molecule has 0 bridgehead atoms. The third-order valence-corrected chi connectivity index (χ3v) is 5.93. The number of halogens is 1. The zero-order chi connectivity index (χ0) is 12.3. The summed E-state index contributed by atoms with van der Waals surface area (Å²) in [6, 6.07) is 3.85. The van der Waals surface area contributed by atoms with E-state index in [0.717, 1.165) is 27.5 Å². The molecule has 2 nitrogen and oxygen atoms in total. The third kappa shape index (κ3) is 3.81. The van der Waals surface area contributed by atoms with Crippen LogP contribution in [-0.4, -0.2) is 41.3 Å². The van der Waals surface area contributed by atoms with E-state index in [1.807, 2.05) is 23.9 Å². The molecule has 1 aliphatic heterocycles. The minimum Gasteiger partial charge on any atom is -0.294 e. The van der Waals surface area contributed by atoms with Gasteiger partial charge in [-0.3, -0.25) is 9.69 Å². The van der Waals surface area contributed by atoms with Crippen LogP contribution in [0.15, 0.2) is 15.9 Å². The highest BCUT2D eigenvalue weighted by molar-refractivity contribution is 9.11. The summed E-state index contributed by atoms with van der Waals surface area (Å²) in [4.78, 5) is 15.2. The predicted molar refractivity (Wildman–Crippen MR) is 79.3 cm³/mol. The van der Waals surface area contributed by atoms with Gasteiger partial charge in [-0.15, -0.1) is 11.3 Å². The Balaban J connectivity index is 1.90. The summed E-state index contributed by atoms with van der Waals surface area (Å²) in [5, 5.41) is 0.701. The van der Waals surface area contributed by atoms with Crippen LogP contribution in [0.4, 0.5) is 0 Å². The van der Waals surface area contributed by atoms with Crippen LogP contribution in [0.25, 0.3) is 0 Å². The smallest absolute Gasteiger partial charge is 0.186 e. The highest BCUT2D eigenvalue weighted by Gasteiger charge is 2.21. The molecule has 0 aromatic carbocycles. The van der Waals surface area contributed by atoms with Crippen molar-refractivity contribution in [3.8, 4) is 0 Å². The van der Waals surface area contributed by atoms with E-state index in [9.17, 15) is 4.79 Å². The Hall–Kier alpha value is 0.160. The van der Waals surface area contributed by atoms with Gasteiger partial charge in [-0.2, -0.15) is 11.8 Å². The van der Waals surface area contributed by atoms with Crippen LogP contribution in [0.1, 0.15) is 23.0 Å². The SMILES string of the molecule is CCC1CN(CC(=O)c2ccc(Br)s2)CCS1. The maximum atomic E-state index is 12.1. The standard InChI is InChI=1S/C12H16BrNOS2/c1-2-9-7-14(5-6-16-9)8-10(15)11-3-4-12(13)17-11/h3-4,9H,2,5-8H2,1H3. The first-order chi connectivity index (χ1) is 8.19. The zero-order valence-electron chi connectivity index (χ0n) is 9.82. The van der Waals surface area contributed by atoms with Gasteiger partial charge >= 0.3 is 0 Å². The molecule has 0 N–H and O–H groups in total.